The molecule has 1 amide bonds. The van der Waals surface area contributed by atoms with Gasteiger partial charge in [0.2, 0.25) is 0 Å². The maximum Gasteiger partial charge on any atom is 0.328 e. The predicted octanol–water partition coefficient (Wildman–Crippen LogP) is 0.0819. The van der Waals surface area contributed by atoms with Gasteiger partial charge in [0.1, 0.15) is 11.7 Å². The number of aliphatic hydroxyl groups is 1. The number of methoxy groups -OCH3 is 1. The third kappa shape index (κ3) is 2.35. The highest BCUT2D eigenvalue weighted by molar-refractivity contribution is 5.96. The maximum absolute atomic E-state index is 12.4. The van der Waals surface area contributed by atoms with Crippen molar-refractivity contribution in [1.82, 2.24) is 9.47 Å². The summed E-state index contributed by atoms with van der Waals surface area (Å²) in [4.78, 5) is 25.5. The normalized spacial score (nSPS) is 22.6. The highest BCUT2D eigenvalue weighted by atomic mass is 16.5. The molecule has 19 heavy (non-hydrogen) atoms. The van der Waals surface area contributed by atoms with Crippen molar-refractivity contribution in [2.45, 2.75) is 25.5 Å². The minimum absolute atomic E-state index is 0.156. The van der Waals surface area contributed by atoms with Gasteiger partial charge in [-0.25, -0.2) is 4.79 Å². The molecule has 2 unspecified atom stereocenters. The lowest BCUT2D eigenvalue weighted by atomic mass is 10.2. The molecule has 0 saturated carbocycles. The van der Waals surface area contributed by atoms with E-state index in [4.69, 9.17) is 0 Å². The lowest BCUT2D eigenvalue weighted by Gasteiger charge is -2.22. The number of β-amino-alcohol motifs (C(OH)–C–C–N with tert-alkyl or cyclic N) is 1. The molecular weight excluding hydrogens is 248 g/mol. The second-order valence-corrected chi connectivity index (χ2v) is 4.80. The van der Waals surface area contributed by atoms with Gasteiger partial charge >= 0.3 is 5.97 Å². The molecule has 1 saturated heterocycles. The van der Waals surface area contributed by atoms with Gasteiger partial charge in [0.05, 0.1) is 13.2 Å². The van der Waals surface area contributed by atoms with Crippen LogP contribution in [0.4, 0.5) is 0 Å². The van der Waals surface area contributed by atoms with Crippen molar-refractivity contribution in [2.75, 3.05) is 13.7 Å². The molecule has 2 rings (SSSR count). The van der Waals surface area contributed by atoms with Gasteiger partial charge in [-0.3, -0.25) is 4.79 Å². The molecule has 2 atom stereocenters. The van der Waals surface area contributed by atoms with E-state index in [1.807, 2.05) is 13.0 Å². The summed E-state index contributed by atoms with van der Waals surface area (Å²) in [5, 5.41) is 9.68. The van der Waals surface area contributed by atoms with Crippen molar-refractivity contribution in [3.63, 3.8) is 0 Å². The van der Waals surface area contributed by atoms with Crippen LogP contribution >= 0.6 is 0 Å². The van der Waals surface area contributed by atoms with E-state index in [-0.39, 0.29) is 18.9 Å². The Morgan fingerprint density at radius 1 is 1.42 bits per heavy atom. The number of amides is 1. The fourth-order valence-corrected chi connectivity index (χ4v) is 2.37. The summed E-state index contributed by atoms with van der Waals surface area (Å²) in [6.07, 6.45) is -0.462. The van der Waals surface area contributed by atoms with Crippen molar-refractivity contribution in [3.8, 4) is 0 Å². The first-order valence-electron chi connectivity index (χ1n) is 6.15. The van der Waals surface area contributed by atoms with Crippen molar-refractivity contribution in [1.29, 1.82) is 0 Å². The van der Waals surface area contributed by atoms with Crippen LogP contribution in [0, 0.1) is 6.92 Å². The largest absolute Gasteiger partial charge is 0.467 e. The molecule has 0 aliphatic carbocycles. The molecule has 6 nitrogen and oxygen atoms in total. The van der Waals surface area contributed by atoms with Crippen LogP contribution in [-0.4, -0.2) is 52.3 Å². The lowest BCUT2D eigenvalue weighted by Crippen LogP contribution is -2.41. The molecule has 104 valence electrons. The Morgan fingerprint density at radius 2 is 2.11 bits per heavy atom. The molecule has 0 spiro atoms. The average Bonchev–Trinajstić information content (AvgIpc) is 2.93. The fraction of sp³-hybridized carbons (Fsp3) is 0.538. The van der Waals surface area contributed by atoms with E-state index in [0.29, 0.717) is 5.69 Å². The van der Waals surface area contributed by atoms with E-state index in [1.165, 1.54) is 12.0 Å². The quantitative estimate of drug-likeness (QED) is 0.770. The minimum Gasteiger partial charge on any atom is -0.467 e. The van der Waals surface area contributed by atoms with Gasteiger partial charge in [-0.1, -0.05) is 0 Å². The molecule has 2 heterocycles. The van der Waals surface area contributed by atoms with Crippen LogP contribution in [0.25, 0.3) is 0 Å². The monoisotopic (exact) mass is 266 g/mol. The first-order valence-corrected chi connectivity index (χ1v) is 6.15. The number of aryl methyl sites for hydroxylation is 1. The van der Waals surface area contributed by atoms with Crippen LogP contribution in [0.5, 0.6) is 0 Å². The first-order chi connectivity index (χ1) is 8.95. The predicted molar refractivity (Wildman–Crippen MR) is 67.6 cm³/mol. The van der Waals surface area contributed by atoms with Gasteiger partial charge < -0.3 is 19.3 Å². The van der Waals surface area contributed by atoms with E-state index in [1.54, 1.807) is 17.7 Å². The molecule has 1 aromatic rings. The summed E-state index contributed by atoms with van der Waals surface area (Å²) >= 11 is 0. The second kappa shape index (κ2) is 5.05. The number of hydrogen-bond donors (Lipinski definition) is 1. The third-order valence-electron chi connectivity index (χ3n) is 3.61. The van der Waals surface area contributed by atoms with Crippen molar-refractivity contribution in [2.24, 2.45) is 7.05 Å². The van der Waals surface area contributed by atoms with E-state index in [2.05, 4.69) is 4.74 Å². The average molecular weight is 266 g/mol. The van der Waals surface area contributed by atoms with E-state index in [0.717, 1.165) is 5.69 Å². The summed E-state index contributed by atoms with van der Waals surface area (Å²) in [6, 6.07) is 2.85. The maximum atomic E-state index is 12.4. The van der Waals surface area contributed by atoms with Gasteiger partial charge in [0, 0.05) is 25.7 Å². The Kier molecular flexibility index (Phi) is 3.61. The Morgan fingerprint density at radius 3 is 2.63 bits per heavy atom. The Bertz CT molecular complexity index is 509. The van der Waals surface area contributed by atoms with Crippen LogP contribution in [0.2, 0.25) is 0 Å². The van der Waals surface area contributed by atoms with Gasteiger partial charge in [0.25, 0.3) is 5.91 Å². The molecule has 1 fully saturated rings. The Balaban J connectivity index is 2.27. The Hall–Kier alpha value is -1.82. The highest BCUT2D eigenvalue weighted by Gasteiger charge is 2.40. The SMILES string of the molecule is COC(=O)C1CC(O)CN1C(=O)c1ccc(C)n1C. The highest BCUT2D eigenvalue weighted by Crippen LogP contribution is 2.22. The molecule has 1 aliphatic heterocycles. The smallest absolute Gasteiger partial charge is 0.328 e. The number of aromatic nitrogens is 1. The molecule has 1 aromatic heterocycles. The fourth-order valence-electron chi connectivity index (χ4n) is 2.37. The van der Waals surface area contributed by atoms with E-state index < -0.39 is 18.1 Å². The number of rotatable bonds is 2. The molecular formula is C13H18N2O4. The van der Waals surface area contributed by atoms with Crippen molar-refractivity contribution >= 4 is 11.9 Å². The summed E-state index contributed by atoms with van der Waals surface area (Å²) in [6.45, 7) is 2.05. The van der Waals surface area contributed by atoms with Crippen LogP contribution in [-0.2, 0) is 16.6 Å². The number of carbonyl (C=O) groups excluding carboxylic acids is 2. The molecule has 0 bridgehead atoms. The standard InChI is InChI=1S/C13H18N2O4/c1-8-4-5-10(14(8)2)12(17)15-7-9(16)6-11(15)13(18)19-3/h4-5,9,11,16H,6-7H2,1-3H3. The van der Waals surface area contributed by atoms with Crippen molar-refractivity contribution in [3.05, 3.63) is 23.5 Å². The number of carbonyl (C=O) groups is 2. The number of esters is 1. The first kappa shape index (κ1) is 13.6. The zero-order chi connectivity index (χ0) is 14.2. The number of nitrogens with zero attached hydrogens (tertiary/aromatic N) is 2. The molecule has 0 aromatic carbocycles. The molecule has 1 aliphatic rings. The third-order valence-corrected chi connectivity index (χ3v) is 3.61. The molecule has 6 heteroatoms. The summed E-state index contributed by atoms with van der Waals surface area (Å²) < 4.78 is 6.45. The lowest BCUT2D eigenvalue weighted by molar-refractivity contribution is -0.145. The molecule has 0 radical (unpaired) electrons. The van der Waals surface area contributed by atoms with Gasteiger partial charge in [-0.2, -0.15) is 0 Å². The molecule has 1 N–H and O–H groups in total. The van der Waals surface area contributed by atoms with Gasteiger partial charge in [0.15, 0.2) is 0 Å². The zero-order valence-electron chi connectivity index (χ0n) is 11.3. The van der Waals surface area contributed by atoms with Gasteiger partial charge in [-0.15, -0.1) is 0 Å². The second-order valence-electron chi connectivity index (χ2n) is 4.80. The summed E-state index contributed by atoms with van der Waals surface area (Å²) in [7, 11) is 3.07. The van der Waals surface area contributed by atoms with Crippen molar-refractivity contribution < 1.29 is 19.4 Å². The summed E-state index contributed by atoms with van der Waals surface area (Å²) in [5.74, 6) is -0.751. The van der Waals surface area contributed by atoms with Crippen LogP contribution < -0.4 is 0 Å². The van der Waals surface area contributed by atoms with Crippen LogP contribution in [0.1, 0.15) is 22.6 Å². The van der Waals surface area contributed by atoms with E-state index >= 15 is 0 Å². The topological polar surface area (TPSA) is 71.8 Å². The minimum atomic E-state index is -0.706. The summed E-state index contributed by atoms with van der Waals surface area (Å²) in [5.41, 5.74) is 1.46. The zero-order valence-corrected chi connectivity index (χ0v) is 11.3. The number of hydrogen-bond acceptors (Lipinski definition) is 4. The number of likely N-dealkylation sites (tertiary alicyclic amines) is 1. The number of aliphatic hydroxyl groups excluding tert-OH is 1. The van der Waals surface area contributed by atoms with Gasteiger partial charge in [-0.05, 0) is 19.1 Å². The van der Waals surface area contributed by atoms with Crippen LogP contribution in [0.3, 0.4) is 0 Å². The van der Waals surface area contributed by atoms with E-state index in [9.17, 15) is 14.7 Å². The Labute approximate surface area is 111 Å². The number of ether oxygens (including phenoxy) is 1. The van der Waals surface area contributed by atoms with Crippen LogP contribution in [0.15, 0.2) is 12.1 Å².